The topological polar surface area (TPSA) is 94.0 Å². The van der Waals surface area contributed by atoms with Crippen LogP contribution in [0.25, 0.3) is 0 Å². The van der Waals surface area contributed by atoms with Crippen LogP contribution in [0.1, 0.15) is 29.0 Å². The largest absolute Gasteiger partial charge is 0.396 e. The number of primary amides is 1. The molecule has 1 heterocycles. The summed E-state index contributed by atoms with van der Waals surface area (Å²) in [5.41, 5.74) is 12.4. The molecule has 0 radical (unpaired) electrons. The quantitative estimate of drug-likeness (QED) is 0.795. The number of hydrogen-bond acceptors (Lipinski definition) is 4. The number of halogens is 1. The second-order valence-electron chi connectivity index (χ2n) is 4.42. The first-order valence-electron chi connectivity index (χ1n) is 6.05. The zero-order chi connectivity index (χ0) is 14.7. The average Bonchev–Trinajstić information content (AvgIpc) is 2.41. The molecule has 0 aliphatic heterocycles. The standard InChI is InChI=1S/C14H15FN4O/c1-8(9-2-4-10(15)5-3-9)18-14-11(16)6-7-12(19-14)13(17)20/h2-8H,16H2,1H3,(H2,17,20)(H,18,19). The van der Waals surface area contributed by atoms with Gasteiger partial charge < -0.3 is 16.8 Å². The summed E-state index contributed by atoms with van der Waals surface area (Å²) in [4.78, 5) is 15.2. The van der Waals surface area contributed by atoms with Crippen LogP contribution in [0.5, 0.6) is 0 Å². The highest BCUT2D eigenvalue weighted by Crippen LogP contribution is 2.22. The number of benzene rings is 1. The molecular formula is C14H15FN4O. The Morgan fingerprint density at radius 3 is 2.50 bits per heavy atom. The molecule has 1 aromatic heterocycles. The molecule has 1 atom stereocenters. The van der Waals surface area contributed by atoms with E-state index in [1.165, 1.54) is 18.2 Å². The summed E-state index contributed by atoms with van der Waals surface area (Å²) in [6.07, 6.45) is 0. The Labute approximate surface area is 115 Å². The molecule has 0 spiro atoms. The van der Waals surface area contributed by atoms with Crippen molar-refractivity contribution in [2.24, 2.45) is 5.73 Å². The molecular weight excluding hydrogens is 259 g/mol. The summed E-state index contributed by atoms with van der Waals surface area (Å²) < 4.78 is 12.9. The van der Waals surface area contributed by atoms with Gasteiger partial charge in [0.15, 0.2) is 5.82 Å². The predicted molar refractivity (Wildman–Crippen MR) is 75.6 cm³/mol. The van der Waals surface area contributed by atoms with Gasteiger partial charge in [-0.1, -0.05) is 12.1 Å². The number of pyridine rings is 1. The summed E-state index contributed by atoms with van der Waals surface area (Å²) in [6, 6.07) is 8.97. The average molecular weight is 274 g/mol. The zero-order valence-corrected chi connectivity index (χ0v) is 10.9. The number of amides is 1. The highest BCUT2D eigenvalue weighted by atomic mass is 19.1. The smallest absolute Gasteiger partial charge is 0.267 e. The maximum Gasteiger partial charge on any atom is 0.267 e. The van der Waals surface area contributed by atoms with E-state index < -0.39 is 5.91 Å². The van der Waals surface area contributed by atoms with Gasteiger partial charge in [-0.3, -0.25) is 4.79 Å². The number of anilines is 2. The summed E-state index contributed by atoms with van der Waals surface area (Å²) in [7, 11) is 0. The molecule has 1 unspecified atom stereocenters. The number of rotatable bonds is 4. The Morgan fingerprint density at radius 2 is 1.90 bits per heavy atom. The zero-order valence-electron chi connectivity index (χ0n) is 10.9. The summed E-state index contributed by atoms with van der Waals surface area (Å²) in [5.74, 6) is -0.546. The second-order valence-corrected chi connectivity index (χ2v) is 4.42. The van der Waals surface area contributed by atoms with Crippen molar-refractivity contribution in [3.05, 3.63) is 53.5 Å². The summed E-state index contributed by atoms with van der Waals surface area (Å²) >= 11 is 0. The number of carbonyl (C=O) groups is 1. The predicted octanol–water partition coefficient (Wildman–Crippen LogP) is 2.07. The van der Waals surface area contributed by atoms with Crippen LogP contribution in [0.4, 0.5) is 15.9 Å². The van der Waals surface area contributed by atoms with Crippen molar-refractivity contribution in [1.82, 2.24) is 4.98 Å². The molecule has 1 aromatic carbocycles. The van der Waals surface area contributed by atoms with Gasteiger partial charge in [-0.25, -0.2) is 9.37 Å². The molecule has 0 fully saturated rings. The summed E-state index contributed by atoms with van der Waals surface area (Å²) in [5, 5.41) is 3.07. The van der Waals surface area contributed by atoms with Crippen LogP contribution in [0.2, 0.25) is 0 Å². The first-order chi connectivity index (χ1) is 9.47. The van der Waals surface area contributed by atoms with Crippen molar-refractivity contribution in [1.29, 1.82) is 0 Å². The molecule has 5 N–H and O–H groups in total. The number of nitrogen functional groups attached to an aromatic ring is 1. The van der Waals surface area contributed by atoms with Gasteiger partial charge in [-0.2, -0.15) is 0 Å². The van der Waals surface area contributed by atoms with Crippen molar-refractivity contribution < 1.29 is 9.18 Å². The van der Waals surface area contributed by atoms with Gasteiger partial charge in [0.25, 0.3) is 5.91 Å². The minimum absolute atomic E-state index is 0.132. The third kappa shape index (κ3) is 3.03. The van der Waals surface area contributed by atoms with Gasteiger partial charge in [0.2, 0.25) is 0 Å². The Hall–Kier alpha value is -2.63. The maximum absolute atomic E-state index is 12.9. The molecule has 104 valence electrons. The number of nitrogens with one attached hydrogen (secondary N) is 1. The second kappa shape index (κ2) is 5.56. The lowest BCUT2D eigenvalue weighted by atomic mass is 10.1. The van der Waals surface area contributed by atoms with Crippen molar-refractivity contribution in [2.45, 2.75) is 13.0 Å². The van der Waals surface area contributed by atoms with E-state index in [1.807, 2.05) is 6.92 Å². The van der Waals surface area contributed by atoms with Crippen LogP contribution >= 0.6 is 0 Å². The highest BCUT2D eigenvalue weighted by molar-refractivity contribution is 5.91. The lowest BCUT2D eigenvalue weighted by molar-refractivity contribution is 0.0995. The molecule has 0 bridgehead atoms. The molecule has 20 heavy (non-hydrogen) atoms. The Balaban J connectivity index is 2.22. The van der Waals surface area contributed by atoms with Crippen LogP contribution in [-0.4, -0.2) is 10.9 Å². The number of carbonyl (C=O) groups excluding carboxylic acids is 1. The molecule has 2 aromatic rings. The van der Waals surface area contributed by atoms with E-state index in [1.54, 1.807) is 18.2 Å². The first-order valence-corrected chi connectivity index (χ1v) is 6.05. The molecule has 1 amide bonds. The fourth-order valence-electron chi connectivity index (χ4n) is 1.76. The molecule has 2 rings (SSSR count). The monoisotopic (exact) mass is 274 g/mol. The number of hydrogen-bond donors (Lipinski definition) is 3. The Kier molecular flexibility index (Phi) is 3.84. The SMILES string of the molecule is CC(Nc1nc(C(N)=O)ccc1N)c1ccc(F)cc1. The molecule has 5 nitrogen and oxygen atoms in total. The third-order valence-electron chi connectivity index (χ3n) is 2.90. The van der Waals surface area contributed by atoms with Crippen LogP contribution in [0, 0.1) is 5.82 Å². The van der Waals surface area contributed by atoms with Crippen LogP contribution in [0.3, 0.4) is 0 Å². The number of nitrogens with zero attached hydrogens (tertiary/aromatic N) is 1. The fraction of sp³-hybridized carbons (Fsp3) is 0.143. The molecule has 0 saturated carbocycles. The van der Waals surface area contributed by atoms with E-state index in [9.17, 15) is 9.18 Å². The van der Waals surface area contributed by atoms with E-state index in [0.717, 1.165) is 5.56 Å². The van der Waals surface area contributed by atoms with Gasteiger partial charge in [0.05, 0.1) is 11.7 Å². The van der Waals surface area contributed by atoms with Crippen LogP contribution in [0.15, 0.2) is 36.4 Å². The minimum Gasteiger partial charge on any atom is -0.396 e. The van der Waals surface area contributed by atoms with Crippen LogP contribution < -0.4 is 16.8 Å². The van der Waals surface area contributed by atoms with Crippen molar-refractivity contribution in [3.63, 3.8) is 0 Å². The van der Waals surface area contributed by atoms with Gasteiger partial charge in [0.1, 0.15) is 11.5 Å². The lowest BCUT2D eigenvalue weighted by Gasteiger charge is -2.16. The fourth-order valence-corrected chi connectivity index (χ4v) is 1.76. The Bertz CT molecular complexity index is 628. The van der Waals surface area contributed by atoms with E-state index in [2.05, 4.69) is 10.3 Å². The normalized spacial score (nSPS) is 11.9. The van der Waals surface area contributed by atoms with Crippen molar-refractivity contribution in [2.75, 3.05) is 11.1 Å². The van der Waals surface area contributed by atoms with E-state index in [4.69, 9.17) is 11.5 Å². The van der Waals surface area contributed by atoms with Gasteiger partial charge in [0, 0.05) is 0 Å². The maximum atomic E-state index is 12.9. The lowest BCUT2D eigenvalue weighted by Crippen LogP contribution is -2.16. The Morgan fingerprint density at radius 1 is 1.25 bits per heavy atom. The van der Waals surface area contributed by atoms with Gasteiger partial charge >= 0.3 is 0 Å². The minimum atomic E-state index is -0.623. The third-order valence-corrected chi connectivity index (χ3v) is 2.90. The van der Waals surface area contributed by atoms with E-state index in [-0.39, 0.29) is 17.6 Å². The molecule has 0 aliphatic carbocycles. The highest BCUT2D eigenvalue weighted by Gasteiger charge is 2.11. The van der Waals surface area contributed by atoms with E-state index >= 15 is 0 Å². The summed E-state index contributed by atoms with van der Waals surface area (Å²) in [6.45, 7) is 1.88. The number of aromatic nitrogens is 1. The van der Waals surface area contributed by atoms with Crippen molar-refractivity contribution >= 4 is 17.4 Å². The number of nitrogens with two attached hydrogens (primary N) is 2. The van der Waals surface area contributed by atoms with Crippen LogP contribution in [-0.2, 0) is 0 Å². The molecule has 6 heteroatoms. The molecule has 0 saturated heterocycles. The van der Waals surface area contributed by atoms with Gasteiger partial charge in [-0.15, -0.1) is 0 Å². The van der Waals surface area contributed by atoms with E-state index in [0.29, 0.717) is 11.5 Å². The van der Waals surface area contributed by atoms with Crippen molar-refractivity contribution in [3.8, 4) is 0 Å². The van der Waals surface area contributed by atoms with Gasteiger partial charge in [-0.05, 0) is 36.8 Å². The molecule has 0 aliphatic rings. The first kappa shape index (κ1) is 13.8.